The lowest BCUT2D eigenvalue weighted by molar-refractivity contribution is -0.150. The summed E-state index contributed by atoms with van der Waals surface area (Å²) in [5, 5.41) is 9.62. The molecule has 0 amide bonds. The van der Waals surface area contributed by atoms with Gasteiger partial charge in [0.05, 0.1) is 31.7 Å². The minimum atomic E-state index is -0.0959. The number of aliphatic hydroxyl groups excluding tert-OH is 1. The first-order chi connectivity index (χ1) is 56.8. The number of unbranched alkanes of at least 4 members (excludes halogenated alkanes) is 40. The molecule has 2 saturated heterocycles. The molecular weight excluding hydrogens is 1440 g/mol. The maximum absolute atomic E-state index is 12.6. The van der Waals surface area contributed by atoms with Crippen LogP contribution in [-0.2, 0) is 60.9 Å². The fourth-order valence-corrected chi connectivity index (χ4v) is 16.8. The molecule has 13 heteroatoms. The number of hydrogen-bond acceptors (Lipinski definition) is 13. The van der Waals surface area contributed by atoms with Crippen molar-refractivity contribution in [3.8, 4) is 0 Å². The van der Waals surface area contributed by atoms with Crippen LogP contribution in [0.5, 0.6) is 0 Å². The molecule has 2 aromatic rings. The van der Waals surface area contributed by atoms with Crippen LogP contribution in [0.15, 0.2) is 60.7 Å². The van der Waals surface area contributed by atoms with E-state index in [1.165, 1.54) is 321 Å². The number of ether oxygens (including phenoxy) is 5. The van der Waals surface area contributed by atoms with Gasteiger partial charge in [-0.15, -0.1) is 0 Å². The van der Waals surface area contributed by atoms with Crippen molar-refractivity contribution in [1.82, 2.24) is 9.80 Å². The Morgan fingerprint density at radius 3 is 0.853 bits per heavy atom. The maximum atomic E-state index is 12.6. The molecule has 0 bridgehead atoms. The maximum Gasteiger partial charge on any atom is 0.310 e. The molecule has 0 aliphatic carbocycles. The number of carbonyl (C=O) groups is 5. The monoisotopic (exact) mass is 1630 g/mol. The Hall–Kier alpha value is -4.33. The number of esters is 5. The first kappa shape index (κ1) is 108. The summed E-state index contributed by atoms with van der Waals surface area (Å²) in [5.74, 6) is 2.29. The van der Waals surface area contributed by atoms with Crippen LogP contribution in [-0.4, -0.2) is 111 Å². The third kappa shape index (κ3) is 66.4. The van der Waals surface area contributed by atoms with Crippen LogP contribution in [0.2, 0.25) is 0 Å². The van der Waals surface area contributed by atoms with Gasteiger partial charge in [0.15, 0.2) is 0 Å². The highest BCUT2D eigenvalue weighted by Gasteiger charge is 2.30. The molecule has 13 nitrogen and oxygen atoms in total. The van der Waals surface area contributed by atoms with Gasteiger partial charge < -0.3 is 38.6 Å². The molecular formula is C103H184N2O11. The van der Waals surface area contributed by atoms with E-state index in [4.69, 9.17) is 23.7 Å². The van der Waals surface area contributed by atoms with E-state index in [1.807, 2.05) is 60.7 Å². The van der Waals surface area contributed by atoms with Gasteiger partial charge >= 0.3 is 29.8 Å². The van der Waals surface area contributed by atoms with E-state index in [1.54, 1.807) is 0 Å². The van der Waals surface area contributed by atoms with Crippen LogP contribution in [0.4, 0.5) is 0 Å². The SMILES string of the molecule is CCCCCCCCCCC(CCCCCCCCC(=O)OCCCC(CCCCC)CCCCC)COC(=O)C1CCN(C)C1.CCCCCCCCCCC(CCCCCCCCC(=O)OCc1ccccc1)COC(=O)C1CCN(C)C1.CCCCCCCCCCC(CO)CCCCCCCCC(=O)OCc1ccccc1. The van der Waals surface area contributed by atoms with E-state index >= 15 is 0 Å². The van der Waals surface area contributed by atoms with E-state index in [2.05, 4.69) is 58.5 Å². The quantitative estimate of drug-likeness (QED) is 0.0379. The highest BCUT2D eigenvalue weighted by Crippen LogP contribution is 2.28. The average molecular weight is 1630 g/mol. The summed E-state index contributed by atoms with van der Waals surface area (Å²) in [5.41, 5.74) is 2.08. The Bertz CT molecular complexity index is 2490. The Kier molecular flexibility index (Phi) is 74.7. The molecule has 116 heavy (non-hydrogen) atoms. The summed E-state index contributed by atoms with van der Waals surface area (Å²) in [6, 6.07) is 19.7. The lowest BCUT2D eigenvalue weighted by Crippen LogP contribution is -2.24. The van der Waals surface area contributed by atoms with Crippen molar-refractivity contribution in [2.24, 2.45) is 35.5 Å². The molecule has 2 heterocycles. The Labute approximate surface area is 714 Å². The Morgan fingerprint density at radius 1 is 0.310 bits per heavy atom. The smallest absolute Gasteiger partial charge is 0.310 e. The zero-order valence-corrected chi connectivity index (χ0v) is 76.8. The zero-order valence-electron chi connectivity index (χ0n) is 76.8. The van der Waals surface area contributed by atoms with E-state index in [-0.39, 0.29) is 41.7 Å². The molecule has 5 atom stereocenters. The molecule has 5 unspecified atom stereocenters. The predicted molar refractivity (Wildman–Crippen MR) is 488 cm³/mol. The van der Waals surface area contributed by atoms with Crippen molar-refractivity contribution in [2.75, 3.05) is 66.7 Å². The van der Waals surface area contributed by atoms with Gasteiger partial charge in [0.1, 0.15) is 13.2 Å². The molecule has 0 spiro atoms. The number of nitrogens with zero attached hydrogens (tertiary/aromatic N) is 2. The number of rotatable bonds is 77. The van der Waals surface area contributed by atoms with Crippen molar-refractivity contribution in [2.45, 2.75) is 452 Å². The van der Waals surface area contributed by atoms with E-state index in [9.17, 15) is 29.1 Å². The number of hydrogen-bond donors (Lipinski definition) is 1. The van der Waals surface area contributed by atoms with Gasteiger partial charge in [-0.1, -0.05) is 397 Å². The summed E-state index contributed by atoms with van der Waals surface area (Å²) in [4.78, 5) is 65.6. The summed E-state index contributed by atoms with van der Waals surface area (Å²) < 4.78 is 28.0. The van der Waals surface area contributed by atoms with Crippen molar-refractivity contribution < 1.29 is 52.8 Å². The molecule has 2 aliphatic heterocycles. The molecule has 2 fully saturated rings. The van der Waals surface area contributed by atoms with Gasteiger partial charge in [-0.2, -0.15) is 0 Å². The van der Waals surface area contributed by atoms with Gasteiger partial charge in [0.25, 0.3) is 0 Å². The van der Waals surface area contributed by atoms with Crippen LogP contribution < -0.4 is 0 Å². The standard InChI is InChI=1S/C41H79NO4.C34H57NO4.C28H48O3/c1-5-8-11-12-13-14-17-22-28-38(36-46-41(44)39-32-33-42(4)35-39)29-23-18-15-16-19-24-31-40(43)45-34-25-30-37(26-20-9-6-2)27-21-10-7-3;1-3-4-5-6-7-8-11-15-20-31(29-39-34(37)32-25-26-35(2)27-32)21-16-12-9-10-13-19-24-33(36)38-28-30-22-17-14-18-23-30;1-2-3-4-5-6-7-10-14-19-26(24-29)20-15-11-8-9-12-18-23-28(30)31-25-27-21-16-13-17-22-27/h37-39H,5-36H2,1-4H3;14,17-18,22-23,31-32H,3-13,15-16,19-21,24-29H2,1-2H3;13,16-17,21-22,26,29H,2-12,14-15,18-20,23-25H2,1H3. The van der Waals surface area contributed by atoms with Crippen molar-refractivity contribution >= 4 is 29.8 Å². The first-order valence-electron chi connectivity index (χ1n) is 49.7. The molecule has 2 aliphatic rings. The Morgan fingerprint density at radius 2 is 0.560 bits per heavy atom. The van der Waals surface area contributed by atoms with Gasteiger partial charge in [-0.25, -0.2) is 0 Å². The second-order valence-electron chi connectivity index (χ2n) is 35.8. The van der Waals surface area contributed by atoms with Crippen LogP contribution in [0.25, 0.3) is 0 Å². The van der Waals surface area contributed by atoms with E-state index in [0.29, 0.717) is 76.7 Å². The molecule has 672 valence electrons. The van der Waals surface area contributed by atoms with E-state index < -0.39 is 0 Å². The topological polar surface area (TPSA) is 158 Å². The molecule has 2 aromatic carbocycles. The fourth-order valence-electron chi connectivity index (χ4n) is 16.8. The zero-order chi connectivity index (χ0) is 83.9. The van der Waals surface area contributed by atoms with Gasteiger partial charge in [-0.3, -0.25) is 24.0 Å². The number of aliphatic hydroxyl groups is 1. The molecule has 4 rings (SSSR count). The lowest BCUT2D eigenvalue weighted by Gasteiger charge is -2.19. The van der Waals surface area contributed by atoms with Gasteiger partial charge in [-0.05, 0) is 145 Å². The molecule has 0 radical (unpaired) electrons. The number of likely N-dealkylation sites (tertiary alicyclic amines) is 2. The van der Waals surface area contributed by atoms with Gasteiger partial charge in [0, 0.05) is 39.0 Å². The minimum Gasteiger partial charge on any atom is -0.466 e. The summed E-state index contributed by atoms with van der Waals surface area (Å²) in [7, 11) is 4.17. The molecule has 0 saturated carbocycles. The second-order valence-corrected chi connectivity index (χ2v) is 35.8. The third-order valence-corrected chi connectivity index (χ3v) is 24.7. The number of benzene rings is 2. The summed E-state index contributed by atoms with van der Waals surface area (Å²) in [6.45, 7) is 18.0. The predicted octanol–water partition coefficient (Wildman–Crippen LogP) is 28.3. The minimum absolute atomic E-state index is 0.00360. The van der Waals surface area contributed by atoms with Crippen LogP contribution in [0, 0.1) is 35.5 Å². The lowest BCUT2D eigenvalue weighted by atomic mass is 9.91. The van der Waals surface area contributed by atoms with Crippen molar-refractivity contribution in [1.29, 1.82) is 0 Å². The molecule has 0 aromatic heterocycles. The highest BCUT2D eigenvalue weighted by atomic mass is 16.5. The fraction of sp³-hybridized carbons (Fsp3) is 0.835. The highest BCUT2D eigenvalue weighted by molar-refractivity contribution is 5.73. The Balaban J connectivity index is 0.000000601. The first-order valence-corrected chi connectivity index (χ1v) is 49.7. The van der Waals surface area contributed by atoms with Crippen molar-refractivity contribution in [3.05, 3.63) is 71.8 Å². The summed E-state index contributed by atoms with van der Waals surface area (Å²) in [6.07, 6.45) is 76.3. The van der Waals surface area contributed by atoms with Crippen LogP contribution in [0.3, 0.4) is 0 Å². The third-order valence-electron chi connectivity index (χ3n) is 24.7. The summed E-state index contributed by atoms with van der Waals surface area (Å²) >= 11 is 0. The largest absolute Gasteiger partial charge is 0.466 e. The van der Waals surface area contributed by atoms with Crippen LogP contribution >= 0.6 is 0 Å². The van der Waals surface area contributed by atoms with Gasteiger partial charge in [0.2, 0.25) is 0 Å². The normalized spacial score (nSPS) is 15.0. The van der Waals surface area contributed by atoms with E-state index in [0.717, 1.165) is 107 Å². The average Bonchev–Trinajstić information content (AvgIpc) is 1.76. The molecule has 1 N–H and O–H groups in total. The number of carbonyl (C=O) groups excluding carboxylic acids is 5. The second kappa shape index (κ2) is 80.4. The van der Waals surface area contributed by atoms with Crippen molar-refractivity contribution in [3.63, 3.8) is 0 Å². The van der Waals surface area contributed by atoms with Crippen LogP contribution in [0.1, 0.15) is 450 Å².